The molecule has 1 fully saturated rings. The molecule has 4 rings (SSSR count). The maximum atomic E-state index is 4.78. The molecule has 3 aromatic rings. The van der Waals surface area contributed by atoms with Gasteiger partial charge in [0, 0.05) is 42.6 Å². The van der Waals surface area contributed by atoms with E-state index >= 15 is 0 Å². The number of anilines is 1. The quantitative estimate of drug-likeness (QED) is 0.287. The highest BCUT2D eigenvalue weighted by Crippen LogP contribution is 2.19. The van der Waals surface area contributed by atoms with Crippen molar-refractivity contribution in [3.8, 4) is 0 Å². The average Bonchev–Trinajstić information content (AvgIpc) is 3.33. The summed E-state index contributed by atoms with van der Waals surface area (Å²) in [6.45, 7) is 5.67. The largest absolute Gasteiger partial charge is 0.369 e. The van der Waals surface area contributed by atoms with Gasteiger partial charge in [0.2, 0.25) is 0 Å². The van der Waals surface area contributed by atoms with Crippen LogP contribution in [-0.2, 0) is 6.54 Å². The molecule has 1 saturated heterocycles. The summed E-state index contributed by atoms with van der Waals surface area (Å²) in [5, 5.41) is 8.21. The minimum Gasteiger partial charge on any atom is -0.369 e. The Morgan fingerprint density at radius 2 is 1.93 bits per heavy atom. The van der Waals surface area contributed by atoms with Crippen molar-refractivity contribution in [2.45, 2.75) is 25.9 Å². The molecule has 5 nitrogen and oxygen atoms in total. The highest BCUT2D eigenvalue weighted by Gasteiger charge is 2.23. The molecule has 0 saturated carbocycles. The number of fused-ring (bicyclic) bond motifs is 1. The Bertz CT molecular complexity index is 872. The second-order valence-electron chi connectivity index (χ2n) is 6.99. The van der Waals surface area contributed by atoms with E-state index in [0.29, 0.717) is 12.6 Å². The van der Waals surface area contributed by atoms with Gasteiger partial charge < -0.3 is 20.5 Å². The van der Waals surface area contributed by atoms with Gasteiger partial charge in [-0.25, -0.2) is 4.99 Å². The minimum atomic E-state index is 0. The summed E-state index contributed by atoms with van der Waals surface area (Å²) in [7, 11) is 0. The fourth-order valence-electron chi connectivity index (χ4n) is 3.65. The number of guanidine groups is 1. The number of benzene rings is 2. The number of aliphatic imine (C=N–C) groups is 1. The van der Waals surface area contributed by atoms with Crippen molar-refractivity contribution in [1.82, 2.24) is 15.6 Å². The summed E-state index contributed by atoms with van der Waals surface area (Å²) in [6.07, 6.45) is 1.12. The van der Waals surface area contributed by atoms with Crippen LogP contribution in [0.5, 0.6) is 0 Å². The van der Waals surface area contributed by atoms with Gasteiger partial charge in [-0.3, -0.25) is 0 Å². The topological polar surface area (TPSA) is 55.5 Å². The summed E-state index contributed by atoms with van der Waals surface area (Å²) >= 11 is 0. The molecule has 3 N–H and O–H groups in total. The number of nitrogens with zero attached hydrogens (tertiary/aromatic N) is 2. The lowest BCUT2D eigenvalue weighted by molar-refractivity contribution is 0.649. The Kier molecular flexibility index (Phi) is 7.19. The molecule has 2 heterocycles. The van der Waals surface area contributed by atoms with Crippen LogP contribution in [0.1, 0.15) is 19.0 Å². The van der Waals surface area contributed by atoms with Crippen LogP contribution in [0.4, 0.5) is 5.69 Å². The van der Waals surface area contributed by atoms with Crippen molar-refractivity contribution in [2.24, 2.45) is 4.99 Å². The van der Waals surface area contributed by atoms with Crippen LogP contribution in [0.2, 0.25) is 0 Å². The first-order chi connectivity index (χ1) is 13.3. The lowest BCUT2D eigenvalue weighted by atomic mass is 10.2. The van der Waals surface area contributed by atoms with Gasteiger partial charge in [-0.2, -0.15) is 0 Å². The molecular weight excluding hydrogens is 461 g/mol. The van der Waals surface area contributed by atoms with Gasteiger partial charge in [0.25, 0.3) is 0 Å². The number of hydrogen-bond donors (Lipinski definition) is 3. The van der Waals surface area contributed by atoms with Gasteiger partial charge in [0.1, 0.15) is 0 Å². The van der Waals surface area contributed by atoms with E-state index < -0.39 is 0 Å². The number of nitrogens with one attached hydrogen (secondary N) is 3. The Labute approximate surface area is 183 Å². The predicted molar refractivity (Wildman–Crippen MR) is 129 cm³/mol. The van der Waals surface area contributed by atoms with E-state index in [0.717, 1.165) is 43.2 Å². The Hall–Kier alpha value is -2.22. The molecule has 1 aliphatic rings. The van der Waals surface area contributed by atoms with Crippen LogP contribution >= 0.6 is 24.0 Å². The monoisotopic (exact) mass is 489 g/mol. The predicted octanol–water partition coefficient (Wildman–Crippen LogP) is 4.12. The molecule has 2 aromatic carbocycles. The van der Waals surface area contributed by atoms with Gasteiger partial charge >= 0.3 is 0 Å². The second-order valence-corrected chi connectivity index (χ2v) is 6.99. The zero-order chi connectivity index (χ0) is 18.5. The molecule has 0 radical (unpaired) electrons. The van der Waals surface area contributed by atoms with E-state index in [4.69, 9.17) is 4.99 Å². The SMILES string of the molecule is CCNC(=NCc1cc2ccccc2[nH]1)NC1CCN(c2ccccc2)C1.I. The van der Waals surface area contributed by atoms with Crippen LogP contribution in [0.15, 0.2) is 65.7 Å². The molecule has 1 atom stereocenters. The van der Waals surface area contributed by atoms with Crippen molar-refractivity contribution in [3.63, 3.8) is 0 Å². The number of hydrogen-bond acceptors (Lipinski definition) is 2. The van der Waals surface area contributed by atoms with Gasteiger partial charge in [0.15, 0.2) is 5.96 Å². The third-order valence-corrected chi connectivity index (χ3v) is 4.99. The summed E-state index contributed by atoms with van der Waals surface area (Å²) < 4.78 is 0. The minimum absolute atomic E-state index is 0. The Morgan fingerprint density at radius 3 is 2.71 bits per heavy atom. The lowest BCUT2D eigenvalue weighted by Gasteiger charge is -2.20. The normalized spacial score (nSPS) is 16.8. The van der Waals surface area contributed by atoms with Crippen LogP contribution < -0.4 is 15.5 Å². The first-order valence-corrected chi connectivity index (χ1v) is 9.73. The van der Waals surface area contributed by atoms with Gasteiger partial charge in [-0.15, -0.1) is 24.0 Å². The van der Waals surface area contributed by atoms with Crippen LogP contribution in [0, 0.1) is 0 Å². The fraction of sp³-hybridized carbons (Fsp3) is 0.318. The zero-order valence-corrected chi connectivity index (χ0v) is 18.5. The van der Waals surface area contributed by atoms with Crippen molar-refractivity contribution in [1.29, 1.82) is 0 Å². The third-order valence-electron chi connectivity index (χ3n) is 4.99. The Morgan fingerprint density at radius 1 is 1.14 bits per heavy atom. The van der Waals surface area contributed by atoms with E-state index in [-0.39, 0.29) is 24.0 Å². The van der Waals surface area contributed by atoms with E-state index in [1.54, 1.807) is 0 Å². The highest BCUT2D eigenvalue weighted by molar-refractivity contribution is 14.0. The van der Waals surface area contributed by atoms with Gasteiger partial charge in [-0.1, -0.05) is 36.4 Å². The smallest absolute Gasteiger partial charge is 0.191 e. The van der Waals surface area contributed by atoms with Crippen molar-refractivity contribution < 1.29 is 0 Å². The average molecular weight is 489 g/mol. The highest BCUT2D eigenvalue weighted by atomic mass is 127. The summed E-state index contributed by atoms with van der Waals surface area (Å²) in [6, 6.07) is 21.5. The maximum absolute atomic E-state index is 4.78. The first kappa shape index (κ1) is 20.5. The summed E-state index contributed by atoms with van der Waals surface area (Å²) in [5.74, 6) is 0.885. The fourth-order valence-corrected chi connectivity index (χ4v) is 3.65. The number of para-hydroxylation sites is 2. The molecule has 0 bridgehead atoms. The van der Waals surface area contributed by atoms with Crippen molar-refractivity contribution in [2.75, 3.05) is 24.5 Å². The van der Waals surface area contributed by atoms with E-state index in [9.17, 15) is 0 Å². The number of aromatic amines is 1. The van der Waals surface area contributed by atoms with Crippen LogP contribution in [-0.4, -0.2) is 36.6 Å². The summed E-state index contributed by atoms with van der Waals surface area (Å²) in [4.78, 5) is 10.7. The zero-order valence-electron chi connectivity index (χ0n) is 16.2. The Balaban J connectivity index is 0.00000225. The molecule has 148 valence electrons. The molecule has 28 heavy (non-hydrogen) atoms. The number of rotatable bonds is 5. The molecule has 1 aromatic heterocycles. The molecule has 0 spiro atoms. The van der Waals surface area contributed by atoms with Crippen molar-refractivity contribution in [3.05, 3.63) is 66.4 Å². The number of halogens is 1. The third kappa shape index (κ3) is 4.98. The second kappa shape index (κ2) is 9.82. The number of aromatic nitrogens is 1. The molecule has 1 aliphatic heterocycles. The van der Waals surface area contributed by atoms with E-state index in [1.807, 2.05) is 0 Å². The van der Waals surface area contributed by atoms with Gasteiger partial charge in [-0.05, 0) is 43.0 Å². The maximum Gasteiger partial charge on any atom is 0.191 e. The summed E-state index contributed by atoms with van der Waals surface area (Å²) in [5.41, 5.74) is 3.59. The van der Waals surface area contributed by atoms with E-state index in [1.165, 1.54) is 11.1 Å². The number of H-pyrrole nitrogens is 1. The van der Waals surface area contributed by atoms with Gasteiger partial charge in [0.05, 0.1) is 6.54 Å². The molecule has 1 unspecified atom stereocenters. The van der Waals surface area contributed by atoms with E-state index in [2.05, 4.69) is 88.1 Å². The lowest BCUT2D eigenvalue weighted by Crippen LogP contribution is -2.44. The molecule has 6 heteroatoms. The standard InChI is InChI=1S/C22H27N5.HI/c1-2-23-22(24-15-19-14-17-8-6-7-11-21(17)25-19)26-18-12-13-27(16-18)20-9-4-3-5-10-20;/h3-11,14,18,25H,2,12-13,15-16H2,1H3,(H2,23,24,26);1H. The first-order valence-electron chi connectivity index (χ1n) is 9.73. The molecular formula is C22H28IN5. The van der Waals surface area contributed by atoms with Crippen LogP contribution in [0.25, 0.3) is 10.9 Å². The van der Waals surface area contributed by atoms with Crippen LogP contribution in [0.3, 0.4) is 0 Å². The molecule has 0 aliphatic carbocycles. The van der Waals surface area contributed by atoms with Crippen molar-refractivity contribution >= 4 is 46.5 Å². The molecule has 0 amide bonds.